The lowest BCUT2D eigenvalue weighted by molar-refractivity contribution is 0.100. The van der Waals surface area contributed by atoms with Gasteiger partial charge in [0.25, 0.3) is 0 Å². The molecule has 1 aromatic carbocycles. The first kappa shape index (κ1) is 16.5. The van der Waals surface area contributed by atoms with Crippen LogP contribution in [0.15, 0.2) is 24.3 Å². The highest BCUT2D eigenvalue weighted by Crippen LogP contribution is 2.11. The second-order valence-corrected chi connectivity index (χ2v) is 5.34. The molecule has 0 saturated carbocycles. The van der Waals surface area contributed by atoms with Gasteiger partial charge in [-0.2, -0.15) is 0 Å². The van der Waals surface area contributed by atoms with Crippen molar-refractivity contribution in [1.82, 2.24) is 0 Å². The molecule has 3 nitrogen and oxygen atoms in total. The minimum atomic E-state index is -0.375. The van der Waals surface area contributed by atoms with Crippen LogP contribution in [-0.4, -0.2) is 12.5 Å². The van der Waals surface area contributed by atoms with Gasteiger partial charge < -0.3 is 11.1 Å². The Morgan fingerprint density at radius 1 is 0.950 bits per heavy atom. The summed E-state index contributed by atoms with van der Waals surface area (Å²) in [5, 5.41) is 3.37. The average molecular weight is 276 g/mol. The summed E-state index contributed by atoms with van der Waals surface area (Å²) in [6.45, 7) is 3.24. The third-order valence-corrected chi connectivity index (χ3v) is 3.53. The average Bonchev–Trinajstić information content (AvgIpc) is 2.46. The molecule has 0 aromatic heterocycles. The monoisotopic (exact) mass is 276 g/mol. The van der Waals surface area contributed by atoms with Crippen molar-refractivity contribution in [2.24, 2.45) is 5.73 Å². The van der Waals surface area contributed by atoms with E-state index in [1.807, 2.05) is 12.1 Å². The Hall–Kier alpha value is -1.51. The Kier molecular flexibility index (Phi) is 8.52. The van der Waals surface area contributed by atoms with Crippen LogP contribution in [0.4, 0.5) is 5.69 Å². The van der Waals surface area contributed by atoms with Crippen molar-refractivity contribution in [3.63, 3.8) is 0 Å². The van der Waals surface area contributed by atoms with E-state index in [1.165, 1.54) is 51.4 Å². The van der Waals surface area contributed by atoms with Gasteiger partial charge >= 0.3 is 0 Å². The number of nitrogens with two attached hydrogens (primary N) is 1. The van der Waals surface area contributed by atoms with Gasteiger partial charge in [0.05, 0.1) is 0 Å². The first-order valence-corrected chi connectivity index (χ1v) is 7.87. The molecule has 0 saturated heterocycles. The van der Waals surface area contributed by atoms with Gasteiger partial charge in [0.2, 0.25) is 5.91 Å². The summed E-state index contributed by atoms with van der Waals surface area (Å²) in [5.74, 6) is -0.375. The Balaban J connectivity index is 2.02. The maximum Gasteiger partial charge on any atom is 0.248 e. The van der Waals surface area contributed by atoms with E-state index in [1.54, 1.807) is 12.1 Å². The molecule has 3 heteroatoms. The molecule has 0 aliphatic carbocycles. The molecule has 1 amide bonds. The van der Waals surface area contributed by atoms with Gasteiger partial charge in [-0.1, -0.05) is 51.9 Å². The lowest BCUT2D eigenvalue weighted by Gasteiger charge is -2.07. The predicted molar refractivity (Wildman–Crippen MR) is 86.1 cm³/mol. The van der Waals surface area contributed by atoms with Gasteiger partial charge in [0.15, 0.2) is 0 Å². The lowest BCUT2D eigenvalue weighted by atomic mass is 10.1. The SMILES string of the molecule is CCCCCCCCCCNc1ccc(C(N)=O)cc1. The molecule has 0 radical (unpaired) electrons. The van der Waals surface area contributed by atoms with Crippen molar-refractivity contribution in [2.75, 3.05) is 11.9 Å². The topological polar surface area (TPSA) is 55.1 Å². The highest BCUT2D eigenvalue weighted by Gasteiger charge is 1.99. The number of carbonyl (C=O) groups excluding carboxylic acids is 1. The molecular formula is C17H28N2O. The number of anilines is 1. The number of primary amides is 1. The summed E-state index contributed by atoms with van der Waals surface area (Å²) >= 11 is 0. The molecule has 0 atom stereocenters. The van der Waals surface area contributed by atoms with Gasteiger partial charge in [-0.25, -0.2) is 0 Å². The molecule has 0 heterocycles. The van der Waals surface area contributed by atoms with E-state index >= 15 is 0 Å². The third-order valence-electron chi connectivity index (χ3n) is 3.53. The van der Waals surface area contributed by atoms with E-state index in [9.17, 15) is 4.79 Å². The molecular weight excluding hydrogens is 248 g/mol. The van der Waals surface area contributed by atoms with Crippen LogP contribution in [0, 0.1) is 0 Å². The summed E-state index contributed by atoms with van der Waals surface area (Å²) < 4.78 is 0. The molecule has 1 aromatic rings. The summed E-state index contributed by atoms with van der Waals surface area (Å²) in [6.07, 6.45) is 10.7. The molecule has 3 N–H and O–H groups in total. The van der Waals surface area contributed by atoms with Crippen LogP contribution in [0.2, 0.25) is 0 Å². The van der Waals surface area contributed by atoms with Gasteiger partial charge in [-0.3, -0.25) is 4.79 Å². The van der Waals surface area contributed by atoms with Crippen LogP contribution in [0.25, 0.3) is 0 Å². The predicted octanol–water partition coefficient (Wildman–Crippen LogP) is 4.34. The van der Waals surface area contributed by atoms with Gasteiger partial charge in [-0.05, 0) is 30.7 Å². The molecule has 0 aliphatic rings. The van der Waals surface area contributed by atoms with E-state index in [0.717, 1.165) is 12.2 Å². The second kappa shape index (κ2) is 10.3. The largest absolute Gasteiger partial charge is 0.385 e. The summed E-state index contributed by atoms with van der Waals surface area (Å²) in [6, 6.07) is 7.34. The van der Waals surface area contributed by atoms with Crippen molar-refractivity contribution in [1.29, 1.82) is 0 Å². The number of unbranched alkanes of at least 4 members (excludes halogenated alkanes) is 7. The lowest BCUT2D eigenvalue weighted by Crippen LogP contribution is -2.10. The maximum atomic E-state index is 10.9. The van der Waals surface area contributed by atoms with Crippen LogP contribution >= 0.6 is 0 Å². The quantitative estimate of drug-likeness (QED) is 0.591. The number of hydrogen-bond acceptors (Lipinski definition) is 2. The van der Waals surface area contributed by atoms with E-state index in [0.29, 0.717) is 5.56 Å². The zero-order chi connectivity index (χ0) is 14.6. The summed E-state index contributed by atoms with van der Waals surface area (Å²) in [4.78, 5) is 10.9. The van der Waals surface area contributed by atoms with Crippen molar-refractivity contribution in [3.05, 3.63) is 29.8 Å². The molecule has 0 unspecified atom stereocenters. The van der Waals surface area contributed by atoms with Crippen molar-refractivity contribution < 1.29 is 4.79 Å². The van der Waals surface area contributed by atoms with E-state index in [2.05, 4.69) is 12.2 Å². The summed E-state index contributed by atoms with van der Waals surface area (Å²) in [7, 11) is 0. The standard InChI is InChI=1S/C17H28N2O/c1-2-3-4-5-6-7-8-9-14-19-16-12-10-15(11-13-16)17(18)20/h10-13,19H,2-9,14H2,1H3,(H2,18,20). The molecule has 20 heavy (non-hydrogen) atoms. The molecule has 0 bridgehead atoms. The van der Waals surface area contributed by atoms with E-state index < -0.39 is 0 Å². The molecule has 0 spiro atoms. The minimum Gasteiger partial charge on any atom is -0.385 e. The van der Waals surface area contributed by atoms with Gasteiger partial charge in [-0.15, -0.1) is 0 Å². The molecule has 1 rings (SSSR count). The van der Waals surface area contributed by atoms with Crippen LogP contribution in [0.5, 0.6) is 0 Å². The number of amides is 1. The second-order valence-electron chi connectivity index (χ2n) is 5.34. The number of rotatable bonds is 11. The van der Waals surface area contributed by atoms with Crippen molar-refractivity contribution in [2.45, 2.75) is 58.3 Å². The Labute approximate surface area is 122 Å². The van der Waals surface area contributed by atoms with Crippen LogP contribution in [0.1, 0.15) is 68.6 Å². The Bertz CT molecular complexity index is 373. The fourth-order valence-electron chi connectivity index (χ4n) is 2.24. The summed E-state index contributed by atoms with van der Waals surface area (Å²) in [5.41, 5.74) is 6.81. The van der Waals surface area contributed by atoms with Gasteiger partial charge in [0, 0.05) is 17.8 Å². The Morgan fingerprint density at radius 2 is 1.50 bits per heavy atom. The first-order chi connectivity index (χ1) is 9.74. The number of benzene rings is 1. The van der Waals surface area contributed by atoms with Crippen LogP contribution < -0.4 is 11.1 Å². The Morgan fingerprint density at radius 3 is 2.05 bits per heavy atom. The fraction of sp³-hybridized carbons (Fsp3) is 0.588. The fourth-order valence-corrected chi connectivity index (χ4v) is 2.24. The third kappa shape index (κ3) is 7.17. The molecule has 0 aliphatic heterocycles. The van der Waals surface area contributed by atoms with Crippen LogP contribution in [-0.2, 0) is 0 Å². The van der Waals surface area contributed by atoms with E-state index in [-0.39, 0.29) is 5.91 Å². The van der Waals surface area contributed by atoms with Crippen molar-refractivity contribution >= 4 is 11.6 Å². The number of hydrogen-bond donors (Lipinski definition) is 2. The zero-order valence-corrected chi connectivity index (χ0v) is 12.7. The highest BCUT2D eigenvalue weighted by atomic mass is 16.1. The van der Waals surface area contributed by atoms with Crippen molar-refractivity contribution in [3.8, 4) is 0 Å². The zero-order valence-electron chi connectivity index (χ0n) is 12.7. The minimum absolute atomic E-state index is 0.375. The smallest absolute Gasteiger partial charge is 0.248 e. The normalized spacial score (nSPS) is 10.4. The number of carbonyl (C=O) groups is 1. The first-order valence-electron chi connectivity index (χ1n) is 7.87. The number of nitrogens with one attached hydrogen (secondary N) is 1. The molecule has 0 fully saturated rings. The maximum absolute atomic E-state index is 10.9. The van der Waals surface area contributed by atoms with Crippen LogP contribution in [0.3, 0.4) is 0 Å². The van der Waals surface area contributed by atoms with E-state index in [4.69, 9.17) is 5.73 Å². The van der Waals surface area contributed by atoms with Gasteiger partial charge in [0.1, 0.15) is 0 Å². The molecule has 112 valence electrons. The highest BCUT2D eigenvalue weighted by molar-refractivity contribution is 5.93.